The van der Waals surface area contributed by atoms with Gasteiger partial charge in [0.05, 0.1) is 5.69 Å². The van der Waals surface area contributed by atoms with Gasteiger partial charge in [0.1, 0.15) is 0 Å². The zero-order chi connectivity index (χ0) is 16.8. The van der Waals surface area contributed by atoms with E-state index >= 15 is 0 Å². The second kappa shape index (κ2) is 7.83. The number of hydrogen-bond acceptors (Lipinski definition) is 2. The van der Waals surface area contributed by atoms with Crippen LogP contribution in [0, 0.1) is 3.57 Å². The molecule has 24 heavy (non-hydrogen) atoms. The van der Waals surface area contributed by atoms with Gasteiger partial charge in [0.25, 0.3) is 0 Å². The van der Waals surface area contributed by atoms with Crippen molar-refractivity contribution in [3.05, 3.63) is 82.4 Å². The standard InChI is InChI=1S/C19H16IN3O/c20-17-8-4-5-9-18(17)23-19(24)22-16-12-10-15(11-13-16)21-14-6-2-1-3-7-14/h1-13,21H,(H2,22,23,24). The fourth-order valence-electron chi connectivity index (χ4n) is 2.17. The summed E-state index contributed by atoms with van der Waals surface area (Å²) >= 11 is 2.19. The number of anilines is 4. The van der Waals surface area contributed by atoms with Gasteiger partial charge in [-0.25, -0.2) is 4.79 Å². The Hall–Kier alpha value is -2.54. The first-order valence-electron chi connectivity index (χ1n) is 7.45. The van der Waals surface area contributed by atoms with E-state index in [2.05, 4.69) is 38.5 Å². The third-order valence-corrected chi connectivity index (χ3v) is 4.27. The van der Waals surface area contributed by atoms with Gasteiger partial charge in [0.15, 0.2) is 0 Å². The molecule has 0 aliphatic rings. The summed E-state index contributed by atoms with van der Waals surface area (Å²) in [7, 11) is 0. The summed E-state index contributed by atoms with van der Waals surface area (Å²) in [6.45, 7) is 0. The fourth-order valence-corrected chi connectivity index (χ4v) is 2.69. The summed E-state index contributed by atoms with van der Waals surface area (Å²) < 4.78 is 0.993. The Morgan fingerprint density at radius 3 is 1.96 bits per heavy atom. The minimum Gasteiger partial charge on any atom is -0.356 e. The molecule has 0 aliphatic carbocycles. The Morgan fingerprint density at radius 1 is 0.667 bits per heavy atom. The molecule has 3 aromatic carbocycles. The van der Waals surface area contributed by atoms with Crippen LogP contribution in [-0.2, 0) is 0 Å². The average molecular weight is 429 g/mol. The quantitative estimate of drug-likeness (QED) is 0.468. The molecule has 5 heteroatoms. The normalized spacial score (nSPS) is 10.0. The van der Waals surface area contributed by atoms with E-state index in [0.717, 1.165) is 26.3 Å². The van der Waals surface area contributed by atoms with Crippen molar-refractivity contribution in [2.45, 2.75) is 0 Å². The fraction of sp³-hybridized carbons (Fsp3) is 0. The molecule has 120 valence electrons. The molecular weight excluding hydrogens is 413 g/mol. The van der Waals surface area contributed by atoms with Gasteiger partial charge in [0, 0.05) is 20.6 Å². The minimum atomic E-state index is -0.261. The maximum atomic E-state index is 12.1. The molecule has 0 atom stereocenters. The van der Waals surface area contributed by atoms with Gasteiger partial charge in [-0.15, -0.1) is 0 Å². The lowest BCUT2D eigenvalue weighted by molar-refractivity contribution is 0.262. The van der Waals surface area contributed by atoms with Crippen LogP contribution in [0.4, 0.5) is 27.5 Å². The molecule has 3 N–H and O–H groups in total. The number of nitrogens with one attached hydrogen (secondary N) is 3. The van der Waals surface area contributed by atoms with Crippen LogP contribution in [0.25, 0.3) is 0 Å². The van der Waals surface area contributed by atoms with Gasteiger partial charge in [-0.2, -0.15) is 0 Å². The third-order valence-electron chi connectivity index (χ3n) is 3.33. The third kappa shape index (κ3) is 4.48. The molecule has 3 rings (SSSR count). The van der Waals surface area contributed by atoms with Gasteiger partial charge in [-0.05, 0) is 71.1 Å². The topological polar surface area (TPSA) is 53.2 Å². The molecule has 0 unspecified atom stereocenters. The average Bonchev–Trinajstić information content (AvgIpc) is 2.60. The number of urea groups is 1. The zero-order valence-electron chi connectivity index (χ0n) is 12.8. The Labute approximate surface area is 154 Å². The van der Waals surface area contributed by atoms with Crippen molar-refractivity contribution in [2.24, 2.45) is 0 Å². The van der Waals surface area contributed by atoms with Gasteiger partial charge in [0.2, 0.25) is 0 Å². The molecule has 0 saturated carbocycles. The van der Waals surface area contributed by atoms with Crippen molar-refractivity contribution in [2.75, 3.05) is 16.0 Å². The van der Waals surface area contributed by atoms with E-state index < -0.39 is 0 Å². The molecule has 3 aromatic rings. The second-order valence-corrected chi connectivity index (χ2v) is 6.29. The molecule has 0 radical (unpaired) electrons. The highest BCUT2D eigenvalue weighted by atomic mass is 127. The Kier molecular flexibility index (Phi) is 5.32. The van der Waals surface area contributed by atoms with E-state index in [1.165, 1.54) is 0 Å². The molecule has 2 amide bonds. The maximum absolute atomic E-state index is 12.1. The van der Waals surface area contributed by atoms with Crippen molar-refractivity contribution in [1.29, 1.82) is 0 Å². The van der Waals surface area contributed by atoms with Crippen molar-refractivity contribution < 1.29 is 4.79 Å². The molecular formula is C19H16IN3O. The van der Waals surface area contributed by atoms with Gasteiger partial charge in [-0.3, -0.25) is 0 Å². The van der Waals surface area contributed by atoms with E-state index in [1.54, 1.807) is 0 Å². The van der Waals surface area contributed by atoms with Crippen molar-refractivity contribution in [3.8, 4) is 0 Å². The maximum Gasteiger partial charge on any atom is 0.323 e. The Bertz CT molecular complexity index is 820. The van der Waals surface area contributed by atoms with Crippen LogP contribution in [0.3, 0.4) is 0 Å². The van der Waals surface area contributed by atoms with Crippen molar-refractivity contribution in [1.82, 2.24) is 0 Å². The van der Waals surface area contributed by atoms with E-state index in [9.17, 15) is 4.79 Å². The number of hydrogen-bond donors (Lipinski definition) is 3. The molecule has 0 bridgehead atoms. The number of carbonyl (C=O) groups excluding carboxylic acids is 1. The predicted molar refractivity (Wildman–Crippen MR) is 108 cm³/mol. The van der Waals surface area contributed by atoms with E-state index in [1.807, 2.05) is 78.9 Å². The summed E-state index contributed by atoms with van der Waals surface area (Å²) in [5.41, 5.74) is 3.51. The molecule has 0 heterocycles. The summed E-state index contributed by atoms with van der Waals surface area (Å²) in [5, 5.41) is 8.97. The molecule has 0 spiro atoms. The van der Waals surface area contributed by atoms with Gasteiger partial charge < -0.3 is 16.0 Å². The highest BCUT2D eigenvalue weighted by Crippen LogP contribution is 2.20. The predicted octanol–water partition coefficient (Wildman–Crippen LogP) is 5.68. The van der Waals surface area contributed by atoms with Gasteiger partial charge >= 0.3 is 6.03 Å². The Morgan fingerprint density at radius 2 is 1.25 bits per heavy atom. The molecule has 0 saturated heterocycles. The summed E-state index contributed by atoms with van der Waals surface area (Å²) in [6.07, 6.45) is 0. The van der Waals surface area contributed by atoms with Crippen LogP contribution in [0.1, 0.15) is 0 Å². The molecule has 0 aliphatic heterocycles. The first-order chi connectivity index (χ1) is 11.7. The minimum absolute atomic E-state index is 0.261. The largest absolute Gasteiger partial charge is 0.356 e. The van der Waals surface area contributed by atoms with Crippen LogP contribution in [0.15, 0.2) is 78.9 Å². The van der Waals surface area contributed by atoms with Crippen molar-refractivity contribution >= 4 is 51.4 Å². The van der Waals surface area contributed by atoms with Crippen LogP contribution in [0.2, 0.25) is 0 Å². The lowest BCUT2D eigenvalue weighted by Crippen LogP contribution is -2.19. The number of rotatable bonds is 4. The van der Waals surface area contributed by atoms with Crippen LogP contribution in [-0.4, -0.2) is 6.03 Å². The zero-order valence-corrected chi connectivity index (χ0v) is 14.9. The lowest BCUT2D eigenvalue weighted by atomic mass is 10.2. The van der Waals surface area contributed by atoms with Gasteiger partial charge in [-0.1, -0.05) is 30.3 Å². The van der Waals surface area contributed by atoms with E-state index in [-0.39, 0.29) is 6.03 Å². The highest BCUT2D eigenvalue weighted by molar-refractivity contribution is 14.1. The van der Waals surface area contributed by atoms with E-state index in [4.69, 9.17) is 0 Å². The van der Waals surface area contributed by atoms with Crippen LogP contribution in [0.5, 0.6) is 0 Å². The molecule has 0 aromatic heterocycles. The number of amides is 2. The second-order valence-electron chi connectivity index (χ2n) is 5.13. The Balaban J connectivity index is 1.60. The van der Waals surface area contributed by atoms with Crippen molar-refractivity contribution in [3.63, 3.8) is 0 Å². The number of carbonyl (C=O) groups is 1. The SMILES string of the molecule is O=C(Nc1ccc(Nc2ccccc2)cc1)Nc1ccccc1I. The van der Waals surface area contributed by atoms with E-state index in [0.29, 0.717) is 0 Å². The summed E-state index contributed by atoms with van der Waals surface area (Å²) in [6, 6.07) is 24.9. The number of halogens is 1. The van der Waals surface area contributed by atoms with Crippen LogP contribution >= 0.6 is 22.6 Å². The number of benzene rings is 3. The summed E-state index contributed by atoms with van der Waals surface area (Å²) in [5.74, 6) is 0. The lowest BCUT2D eigenvalue weighted by Gasteiger charge is -2.10. The number of para-hydroxylation sites is 2. The monoisotopic (exact) mass is 429 g/mol. The molecule has 0 fully saturated rings. The first-order valence-corrected chi connectivity index (χ1v) is 8.53. The molecule has 4 nitrogen and oxygen atoms in total. The smallest absolute Gasteiger partial charge is 0.323 e. The highest BCUT2D eigenvalue weighted by Gasteiger charge is 2.05. The summed E-state index contributed by atoms with van der Waals surface area (Å²) in [4.78, 5) is 12.1. The first kappa shape index (κ1) is 16.3. The van der Waals surface area contributed by atoms with Crippen LogP contribution < -0.4 is 16.0 Å².